The van der Waals surface area contributed by atoms with Gasteiger partial charge in [0.2, 0.25) is 11.5 Å². The van der Waals surface area contributed by atoms with Crippen LogP contribution in [0.2, 0.25) is 0 Å². The van der Waals surface area contributed by atoms with E-state index >= 15 is 0 Å². The molecule has 0 fully saturated rings. The molecule has 0 saturated heterocycles. The number of hydrogen-bond acceptors (Lipinski definition) is 3. The van der Waals surface area contributed by atoms with Gasteiger partial charge in [-0.25, -0.2) is 0 Å². The first-order valence-corrected chi connectivity index (χ1v) is 8.77. The minimum absolute atomic E-state index is 0.0166. The minimum atomic E-state index is -0.225. The Bertz CT molecular complexity index is 770. The van der Waals surface area contributed by atoms with Gasteiger partial charge < -0.3 is 15.0 Å². The van der Waals surface area contributed by atoms with E-state index in [-0.39, 0.29) is 23.4 Å². The van der Waals surface area contributed by atoms with Crippen LogP contribution >= 0.6 is 0 Å². The number of rotatable bonds is 6. The number of amides is 1. The number of pyridine rings is 1. The minimum Gasteiger partial charge on any atom is -0.376 e. The Morgan fingerprint density at radius 2 is 2.08 bits per heavy atom. The molecule has 1 aliphatic carbocycles. The quantitative estimate of drug-likeness (QED) is 0.849. The third-order valence-corrected chi connectivity index (χ3v) is 4.58. The van der Waals surface area contributed by atoms with E-state index in [9.17, 15) is 9.59 Å². The molecule has 1 aliphatic rings. The maximum absolute atomic E-state index is 12.5. The zero-order chi connectivity index (χ0) is 17.6. The SMILES string of the molecule is C[C@H](COCc1ccccc1)C(=O)N[C@H]1CCCc2[nH]c(=O)ccc21. The standard InChI is InChI=1S/C20H24N2O3/c1-14(12-25-13-15-6-3-2-4-7-15)20(24)22-18-9-5-8-17-16(18)10-11-19(23)21-17/h2-4,6-7,10-11,14,18H,5,8-9,12-13H2,1H3,(H,21,23)(H,22,24)/t14-,18+/m1/s1. The summed E-state index contributed by atoms with van der Waals surface area (Å²) in [5, 5.41) is 3.10. The molecule has 132 valence electrons. The number of H-pyrrole nitrogens is 1. The van der Waals surface area contributed by atoms with E-state index in [4.69, 9.17) is 4.74 Å². The summed E-state index contributed by atoms with van der Waals surface area (Å²) in [5.41, 5.74) is 2.97. The smallest absolute Gasteiger partial charge is 0.248 e. The van der Waals surface area contributed by atoms with Crippen LogP contribution in [0.25, 0.3) is 0 Å². The summed E-state index contributed by atoms with van der Waals surface area (Å²) in [6.45, 7) is 2.76. The lowest BCUT2D eigenvalue weighted by Crippen LogP contribution is -2.36. The van der Waals surface area contributed by atoms with Gasteiger partial charge in [0.05, 0.1) is 25.2 Å². The van der Waals surface area contributed by atoms with Gasteiger partial charge in [0.15, 0.2) is 0 Å². The lowest BCUT2D eigenvalue weighted by atomic mass is 9.91. The molecule has 2 aromatic rings. The number of aromatic amines is 1. The van der Waals surface area contributed by atoms with Gasteiger partial charge in [0, 0.05) is 11.8 Å². The van der Waals surface area contributed by atoms with E-state index in [1.165, 1.54) is 6.07 Å². The van der Waals surface area contributed by atoms with Crippen molar-refractivity contribution in [1.82, 2.24) is 10.3 Å². The molecule has 0 radical (unpaired) electrons. The predicted octanol–water partition coefficient (Wildman–Crippen LogP) is 2.72. The Kier molecular flexibility index (Phi) is 5.66. The van der Waals surface area contributed by atoms with Crippen molar-refractivity contribution in [2.24, 2.45) is 5.92 Å². The Labute approximate surface area is 147 Å². The van der Waals surface area contributed by atoms with Crippen LogP contribution < -0.4 is 10.9 Å². The Hall–Kier alpha value is -2.40. The Balaban J connectivity index is 1.53. The fourth-order valence-corrected chi connectivity index (χ4v) is 3.17. The lowest BCUT2D eigenvalue weighted by Gasteiger charge is -2.27. The molecule has 0 spiro atoms. The highest BCUT2D eigenvalue weighted by Gasteiger charge is 2.24. The van der Waals surface area contributed by atoms with Crippen molar-refractivity contribution in [2.45, 2.75) is 38.8 Å². The second-order valence-electron chi connectivity index (χ2n) is 6.61. The van der Waals surface area contributed by atoms with Gasteiger partial charge in [-0.2, -0.15) is 0 Å². The summed E-state index contributed by atoms with van der Waals surface area (Å²) in [4.78, 5) is 26.8. The summed E-state index contributed by atoms with van der Waals surface area (Å²) in [7, 11) is 0. The summed E-state index contributed by atoms with van der Waals surface area (Å²) < 4.78 is 5.67. The van der Waals surface area contributed by atoms with Crippen molar-refractivity contribution in [3.05, 3.63) is 69.6 Å². The number of nitrogens with one attached hydrogen (secondary N) is 2. The van der Waals surface area contributed by atoms with Crippen LogP contribution in [-0.4, -0.2) is 17.5 Å². The van der Waals surface area contributed by atoms with Crippen molar-refractivity contribution in [2.75, 3.05) is 6.61 Å². The van der Waals surface area contributed by atoms with E-state index in [1.807, 2.05) is 43.3 Å². The molecule has 3 rings (SSSR count). The van der Waals surface area contributed by atoms with Crippen LogP contribution in [0.3, 0.4) is 0 Å². The maximum Gasteiger partial charge on any atom is 0.248 e. The summed E-state index contributed by atoms with van der Waals surface area (Å²) in [6.07, 6.45) is 2.70. The molecule has 0 bridgehead atoms. The number of fused-ring (bicyclic) bond motifs is 1. The van der Waals surface area contributed by atoms with Gasteiger partial charge in [0.25, 0.3) is 0 Å². The average Bonchev–Trinajstić information content (AvgIpc) is 2.62. The van der Waals surface area contributed by atoms with Gasteiger partial charge in [0.1, 0.15) is 0 Å². The fraction of sp³-hybridized carbons (Fsp3) is 0.400. The van der Waals surface area contributed by atoms with Crippen LogP contribution in [0.1, 0.15) is 42.6 Å². The topological polar surface area (TPSA) is 71.2 Å². The van der Waals surface area contributed by atoms with E-state index in [0.29, 0.717) is 13.2 Å². The molecule has 1 aromatic heterocycles. The van der Waals surface area contributed by atoms with E-state index < -0.39 is 0 Å². The molecule has 0 unspecified atom stereocenters. The largest absolute Gasteiger partial charge is 0.376 e. The van der Waals surface area contributed by atoms with E-state index in [0.717, 1.165) is 36.1 Å². The number of aromatic nitrogens is 1. The molecule has 1 heterocycles. The summed E-state index contributed by atoms with van der Waals surface area (Å²) in [6, 6.07) is 13.2. The molecular weight excluding hydrogens is 316 g/mol. The molecule has 0 aliphatic heterocycles. The summed E-state index contributed by atoms with van der Waals surface area (Å²) >= 11 is 0. The van der Waals surface area contributed by atoms with Gasteiger partial charge in [-0.05, 0) is 36.5 Å². The Morgan fingerprint density at radius 1 is 1.28 bits per heavy atom. The molecule has 2 atom stereocenters. The molecular formula is C20H24N2O3. The van der Waals surface area contributed by atoms with Crippen molar-refractivity contribution >= 4 is 5.91 Å². The van der Waals surface area contributed by atoms with Gasteiger partial charge in [-0.3, -0.25) is 9.59 Å². The maximum atomic E-state index is 12.5. The van der Waals surface area contributed by atoms with Crippen LogP contribution in [0.15, 0.2) is 47.3 Å². The van der Waals surface area contributed by atoms with Crippen molar-refractivity contribution in [3.8, 4) is 0 Å². The second kappa shape index (κ2) is 8.12. The first-order chi connectivity index (χ1) is 12.1. The average molecular weight is 340 g/mol. The van der Waals surface area contributed by atoms with Crippen LogP contribution in [0, 0.1) is 5.92 Å². The number of carbonyl (C=O) groups is 1. The predicted molar refractivity (Wildman–Crippen MR) is 96.1 cm³/mol. The highest BCUT2D eigenvalue weighted by atomic mass is 16.5. The molecule has 5 heteroatoms. The van der Waals surface area contributed by atoms with Gasteiger partial charge >= 0.3 is 0 Å². The highest BCUT2D eigenvalue weighted by Crippen LogP contribution is 2.27. The fourth-order valence-electron chi connectivity index (χ4n) is 3.17. The van der Waals surface area contributed by atoms with E-state index in [1.54, 1.807) is 0 Å². The molecule has 5 nitrogen and oxygen atoms in total. The van der Waals surface area contributed by atoms with Gasteiger partial charge in [-0.15, -0.1) is 0 Å². The first kappa shape index (κ1) is 17.4. The van der Waals surface area contributed by atoms with Crippen molar-refractivity contribution in [1.29, 1.82) is 0 Å². The van der Waals surface area contributed by atoms with Crippen molar-refractivity contribution < 1.29 is 9.53 Å². The normalized spacial score (nSPS) is 17.6. The molecule has 1 aromatic carbocycles. The van der Waals surface area contributed by atoms with Crippen LogP contribution in [0.5, 0.6) is 0 Å². The Morgan fingerprint density at radius 3 is 2.88 bits per heavy atom. The first-order valence-electron chi connectivity index (χ1n) is 8.77. The zero-order valence-corrected chi connectivity index (χ0v) is 14.5. The molecule has 1 amide bonds. The van der Waals surface area contributed by atoms with Crippen LogP contribution in [-0.2, 0) is 22.6 Å². The number of ether oxygens (including phenoxy) is 1. The van der Waals surface area contributed by atoms with E-state index in [2.05, 4.69) is 10.3 Å². The molecule has 0 saturated carbocycles. The lowest BCUT2D eigenvalue weighted by molar-refractivity contribution is -0.127. The van der Waals surface area contributed by atoms with Crippen LogP contribution in [0.4, 0.5) is 0 Å². The molecule has 25 heavy (non-hydrogen) atoms. The number of hydrogen-bond donors (Lipinski definition) is 2. The summed E-state index contributed by atoms with van der Waals surface area (Å²) in [5.74, 6) is -0.242. The number of aryl methyl sites for hydroxylation is 1. The second-order valence-corrected chi connectivity index (χ2v) is 6.61. The molecule has 2 N–H and O–H groups in total. The number of carbonyl (C=O) groups excluding carboxylic acids is 1. The van der Waals surface area contributed by atoms with Crippen molar-refractivity contribution in [3.63, 3.8) is 0 Å². The zero-order valence-electron chi connectivity index (χ0n) is 14.5. The third kappa shape index (κ3) is 4.57. The van der Waals surface area contributed by atoms with Gasteiger partial charge in [-0.1, -0.05) is 37.3 Å². The number of benzene rings is 1. The third-order valence-electron chi connectivity index (χ3n) is 4.58. The monoisotopic (exact) mass is 340 g/mol. The highest BCUT2D eigenvalue weighted by molar-refractivity contribution is 5.79.